The van der Waals surface area contributed by atoms with Gasteiger partial charge in [0, 0.05) is 23.1 Å². The van der Waals surface area contributed by atoms with Gasteiger partial charge in [0.2, 0.25) is 10.0 Å². The number of amides is 1. The molecule has 0 atom stereocenters. The summed E-state index contributed by atoms with van der Waals surface area (Å²) in [5.74, 6) is -0.551. The Bertz CT molecular complexity index is 1090. The third-order valence-corrected chi connectivity index (χ3v) is 5.08. The predicted octanol–water partition coefficient (Wildman–Crippen LogP) is 2.55. The molecule has 0 bridgehead atoms. The molecule has 0 spiro atoms. The number of hydrogen-bond acceptors (Lipinski definition) is 6. The van der Waals surface area contributed by atoms with Gasteiger partial charge in [0.25, 0.3) is 5.91 Å². The molecule has 0 fully saturated rings. The maximum absolute atomic E-state index is 12.3. The number of ether oxygens (including phenoxy) is 1. The molecule has 152 valence electrons. The van der Waals surface area contributed by atoms with Crippen molar-refractivity contribution in [3.63, 3.8) is 0 Å². The van der Waals surface area contributed by atoms with Gasteiger partial charge in [-0.05, 0) is 48.4 Å². The number of hydrogen-bond donors (Lipinski definition) is 3. The summed E-state index contributed by atoms with van der Waals surface area (Å²) < 4.78 is 27.9. The normalized spacial score (nSPS) is 14.6. The highest BCUT2D eigenvalue weighted by atomic mass is 32.2. The SMILES string of the molecule is CC(C)COC(=O)c1ccc2c(c1)/C(=C\Nc1ccc(S(N)(=O)=O)cc1)C(=O)N2. The monoisotopic (exact) mass is 415 g/mol. The van der Waals surface area contributed by atoms with E-state index in [4.69, 9.17) is 9.88 Å². The van der Waals surface area contributed by atoms with Crippen molar-refractivity contribution < 1.29 is 22.7 Å². The number of anilines is 2. The van der Waals surface area contributed by atoms with E-state index in [0.717, 1.165) is 0 Å². The summed E-state index contributed by atoms with van der Waals surface area (Å²) in [5, 5.41) is 10.8. The molecule has 8 nitrogen and oxygen atoms in total. The second-order valence-electron chi connectivity index (χ2n) is 6.98. The minimum absolute atomic E-state index is 0.00999. The Balaban J connectivity index is 1.82. The Kier molecular flexibility index (Phi) is 5.71. The third kappa shape index (κ3) is 4.82. The number of nitrogens with two attached hydrogens (primary N) is 1. The molecule has 1 heterocycles. The van der Waals surface area contributed by atoms with Crippen LogP contribution in [0.5, 0.6) is 0 Å². The van der Waals surface area contributed by atoms with Gasteiger partial charge < -0.3 is 15.4 Å². The molecule has 0 saturated carbocycles. The van der Waals surface area contributed by atoms with Crippen LogP contribution in [0.2, 0.25) is 0 Å². The number of primary sulfonamides is 1. The van der Waals surface area contributed by atoms with Gasteiger partial charge in [-0.1, -0.05) is 13.8 Å². The molecule has 4 N–H and O–H groups in total. The van der Waals surface area contributed by atoms with Crippen LogP contribution in [0, 0.1) is 5.92 Å². The van der Waals surface area contributed by atoms with Crippen LogP contribution in [0.3, 0.4) is 0 Å². The standard InChI is InChI=1S/C20H21N3O5S/c1-12(2)11-28-20(25)13-3-8-18-16(9-13)17(19(24)23-18)10-22-14-4-6-15(7-5-14)29(21,26)27/h3-10,12,22H,11H2,1-2H3,(H,23,24)(H2,21,26,27)/b17-10+. The zero-order chi connectivity index (χ0) is 21.2. The van der Waals surface area contributed by atoms with Gasteiger partial charge in [-0.25, -0.2) is 18.4 Å². The van der Waals surface area contributed by atoms with Crippen LogP contribution < -0.4 is 15.8 Å². The van der Waals surface area contributed by atoms with Gasteiger partial charge in [-0.15, -0.1) is 0 Å². The van der Waals surface area contributed by atoms with E-state index in [1.807, 2.05) is 13.8 Å². The number of sulfonamides is 1. The number of benzene rings is 2. The molecule has 1 amide bonds. The summed E-state index contributed by atoms with van der Waals surface area (Å²) in [6, 6.07) is 10.6. The molecule has 9 heteroatoms. The summed E-state index contributed by atoms with van der Waals surface area (Å²) in [6.45, 7) is 4.20. The lowest BCUT2D eigenvalue weighted by Gasteiger charge is -2.08. The minimum atomic E-state index is -3.77. The summed E-state index contributed by atoms with van der Waals surface area (Å²) in [7, 11) is -3.77. The first kappa shape index (κ1) is 20.6. The summed E-state index contributed by atoms with van der Waals surface area (Å²) >= 11 is 0. The Morgan fingerprint density at radius 3 is 2.52 bits per heavy atom. The highest BCUT2D eigenvalue weighted by Crippen LogP contribution is 2.32. The highest BCUT2D eigenvalue weighted by molar-refractivity contribution is 7.89. The Hall–Kier alpha value is -3.17. The zero-order valence-electron chi connectivity index (χ0n) is 15.9. The molecule has 0 radical (unpaired) electrons. The van der Waals surface area contributed by atoms with Crippen molar-refractivity contribution in [2.24, 2.45) is 11.1 Å². The van der Waals surface area contributed by atoms with Crippen molar-refractivity contribution in [1.82, 2.24) is 0 Å². The molecule has 0 unspecified atom stereocenters. The molecule has 0 aromatic heterocycles. The molecule has 1 aliphatic heterocycles. The molecule has 0 aliphatic carbocycles. The number of nitrogens with one attached hydrogen (secondary N) is 2. The molecule has 29 heavy (non-hydrogen) atoms. The maximum Gasteiger partial charge on any atom is 0.338 e. The highest BCUT2D eigenvalue weighted by Gasteiger charge is 2.25. The van der Waals surface area contributed by atoms with E-state index in [0.29, 0.717) is 34.7 Å². The minimum Gasteiger partial charge on any atom is -0.462 e. The van der Waals surface area contributed by atoms with Crippen LogP contribution in [0.1, 0.15) is 29.8 Å². The Morgan fingerprint density at radius 2 is 1.90 bits per heavy atom. The second-order valence-corrected chi connectivity index (χ2v) is 8.54. The van der Waals surface area contributed by atoms with Crippen LogP contribution >= 0.6 is 0 Å². The lowest BCUT2D eigenvalue weighted by atomic mass is 10.0. The van der Waals surface area contributed by atoms with E-state index >= 15 is 0 Å². The van der Waals surface area contributed by atoms with Crippen LogP contribution in [0.15, 0.2) is 53.6 Å². The van der Waals surface area contributed by atoms with Crippen LogP contribution in [-0.2, 0) is 19.6 Å². The van der Waals surface area contributed by atoms with E-state index in [2.05, 4.69) is 10.6 Å². The summed E-state index contributed by atoms with van der Waals surface area (Å²) in [6.07, 6.45) is 1.50. The van der Waals surface area contributed by atoms with Crippen molar-refractivity contribution in [2.45, 2.75) is 18.7 Å². The van der Waals surface area contributed by atoms with Crippen molar-refractivity contribution in [3.8, 4) is 0 Å². The maximum atomic E-state index is 12.3. The van der Waals surface area contributed by atoms with Crippen molar-refractivity contribution in [1.29, 1.82) is 0 Å². The van der Waals surface area contributed by atoms with E-state index in [1.54, 1.807) is 18.2 Å². The first-order valence-corrected chi connectivity index (χ1v) is 10.4. The average molecular weight is 415 g/mol. The number of rotatable bonds is 6. The summed E-state index contributed by atoms with van der Waals surface area (Å²) in [4.78, 5) is 24.5. The van der Waals surface area contributed by atoms with Gasteiger partial charge in [-0.2, -0.15) is 0 Å². The lowest BCUT2D eigenvalue weighted by Crippen LogP contribution is -2.11. The molecular formula is C20H21N3O5S. The fourth-order valence-electron chi connectivity index (χ4n) is 2.68. The topological polar surface area (TPSA) is 128 Å². The van der Waals surface area contributed by atoms with Crippen LogP contribution in [-0.4, -0.2) is 26.9 Å². The first-order valence-electron chi connectivity index (χ1n) is 8.87. The molecule has 1 aliphatic rings. The molecular weight excluding hydrogens is 394 g/mol. The Labute approximate surface area is 168 Å². The van der Waals surface area contributed by atoms with Gasteiger partial charge in [-0.3, -0.25) is 4.79 Å². The fraction of sp³-hybridized carbons (Fsp3) is 0.200. The van der Waals surface area contributed by atoms with Crippen molar-refractivity contribution >= 4 is 38.8 Å². The molecule has 2 aromatic rings. The third-order valence-electron chi connectivity index (χ3n) is 4.15. The van der Waals surface area contributed by atoms with Gasteiger partial charge in [0.05, 0.1) is 22.6 Å². The number of fused-ring (bicyclic) bond motifs is 1. The van der Waals surface area contributed by atoms with E-state index in [1.165, 1.54) is 30.5 Å². The fourth-order valence-corrected chi connectivity index (χ4v) is 3.20. The smallest absolute Gasteiger partial charge is 0.338 e. The number of esters is 1. The van der Waals surface area contributed by atoms with E-state index in [9.17, 15) is 18.0 Å². The zero-order valence-corrected chi connectivity index (χ0v) is 16.7. The number of carbonyl (C=O) groups is 2. The quantitative estimate of drug-likeness (QED) is 0.491. The van der Waals surface area contributed by atoms with Crippen molar-refractivity contribution in [2.75, 3.05) is 17.2 Å². The van der Waals surface area contributed by atoms with Gasteiger partial charge >= 0.3 is 5.97 Å². The predicted molar refractivity (Wildman–Crippen MR) is 110 cm³/mol. The average Bonchev–Trinajstić information content (AvgIpc) is 2.98. The van der Waals surface area contributed by atoms with Crippen molar-refractivity contribution in [3.05, 3.63) is 59.8 Å². The van der Waals surface area contributed by atoms with Crippen LogP contribution in [0.4, 0.5) is 11.4 Å². The molecule has 2 aromatic carbocycles. The number of carbonyl (C=O) groups excluding carboxylic acids is 2. The van der Waals surface area contributed by atoms with E-state index in [-0.39, 0.29) is 16.7 Å². The second kappa shape index (κ2) is 8.06. The van der Waals surface area contributed by atoms with Gasteiger partial charge in [0.1, 0.15) is 0 Å². The van der Waals surface area contributed by atoms with Crippen LogP contribution in [0.25, 0.3) is 5.57 Å². The Morgan fingerprint density at radius 1 is 1.21 bits per heavy atom. The largest absolute Gasteiger partial charge is 0.462 e. The summed E-state index contributed by atoms with van der Waals surface area (Å²) in [5.41, 5.74) is 2.42. The van der Waals surface area contributed by atoms with E-state index < -0.39 is 16.0 Å². The van der Waals surface area contributed by atoms with Gasteiger partial charge in [0.15, 0.2) is 0 Å². The molecule has 0 saturated heterocycles. The first-order chi connectivity index (χ1) is 13.6. The molecule has 3 rings (SSSR count). The lowest BCUT2D eigenvalue weighted by molar-refractivity contribution is -0.110.